The van der Waals surface area contributed by atoms with Gasteiger partial charge in [0.25, 0.3) is 0 Å². The lowest BCUT2D eigenvalue weighted by Crippen LogP contribution is -2.15. The first-order valence-corrected chi connectivity index (χ1v) is 3.95. The SMILES string of the molecule is NC(=NO)c1cc(OCCO)ccn1. The van der Waals surface area contributed by atoms with Crippen LogP contribution in [0.15, 0.2) is 23.5 Å². The Kier molecular flexibility index (Phi) is 3.69. The van der Waals surface area contributed by atoms with E-state index in [1.54, 1.807) is 6.07 Å². The zero-order valence-corrected chi connectivity index (χ0v) is 7.42. The second-order valence-corrected chi connectivity index (χ2v) is 2.43. The topological polar surface area (TPSA) is 101 Å². The minimum atomic E-state index is -0.0838. The van der Waals surface area contributed by atoms with E-state index in [0.717, 1.165) is 0 Å². The van der Waals surface area contributed by atoms with Gasteiger partial charge in [-0.05, 0) is 6.07 Å². The molecular formula is C8H11N3O3. The predicted molar refractivity (Wildman–Crippen MR) is 49.3 cm³/mol. The van der Waals surface area contributed by atoms with Crippen molar-refractivity contribution < 1.29 is 15.1 Å². The average molecular weight is 197 g/mol. The van der Waals surface area contributed by atoms with E-state index in [1.165, 1.54) is 12.3 Å². The van der Waals surface area contributed by atoms with Crippen molar-refractivity contribution in [3.63, 3.8) is 0 Å². The fraction of sp³-hybridized carbons (Fsp3) is 0.250. The number of rotatable bonds is 4. The van der Waals surface area contributed by atoms with Crippen molar-refractivity contribution in [3.8, 4) is 5.75 Å². The Bertz CT molecular complexity index is 327. The molecule has 0 spiro atoms. The van der Waals surface area contributed by atoms with Gasteiger partial charge in [0.15, 0.2) is 5.84 Å². The van der Waals surface area contributed by atoms with Crippen molar-refractivity contribution in [2.24, 2.45) is 10.9 Å². The van der Waals surface area contributed by atoms with E-state index in [0.29, 0.717) is 11.4 Å². The number of aliphatic hydroxyl groups excluding tert-OH is 1. The molecule has 1 rings (SSSR count). The molecule has 0 fully saturated rings. The third-order valence-electron chi connectivity index (χ3n) is 1.46. The molecule has 14 heavy (non-hydrogen) atoms. The van der Waals surface area contributed by atoms with Crippen molar-refractivity contribution in [1.82, 2.24) is 4.98 Å². The number of hydrogen-bond acceptors (Lipinski definition) is 5. The van der Waals surface area contributed by atoms with Gasteiger partial charge in [-0.1, -0.05) is 5.16 Å². The lowest BCUT2D eigenvalue weighted by molar-refractivity contribution is 0.201. The zero-order chi connectivity index (χ0) is 10.4. The van der Waals surface area contributed by atoms with Gasteiger partial charge in [0.2, 0.25) is 0 Å². The number of ether oxygens (including phenoxy) is 1. The van der Waals surface area contributed by atoms with Crippen LogP contribution in [0, 0.1) is 0 Å². The number of hydrogen-bond donors (Lipinski definition) is 3. The number of oxime groups is 1. The summed E-state index contributed by atoms with van der Waals surface area (Å²) in [4.78, 5) is 3.86. The third-order valence-corrected chi connectivity index (χ3v) is 1.46. The van der Waals surface area contributed by atoms with E-state index in [1.807, 2.05) is 0 Å². The summed E-state index contributed by atoms with van der Waals surface area (Å²) in [6.45, 7) is 0.126. The van der Waals surface area contributed by atoms with Crippen molar-refractivity contribution >= 4 is 5.84 Å². The molecule has 0 aliphatic carbocycles. The highest BCUT2D eigenvalue weighted by Gasteiger charge is 2.02. The molecule has 6 heteroatoms. The number of pyridine rings is 1. The fourth-order valence-corrected chi connectivity index (χ4v) is 0.856. The Morgan fingerprint density at radius 1 is 1.64 bits per heavy atom. The van der Waals surface area contributed by atoms with Gasteiger partial charge in [-0.15, -0.1) is 0 Å². The van der Waals surface area contributed by atoms with Gasteiger partial charge in [-0.25, -0.2) is 0 Å². The molecule has 4 N–H and O–H groups in total. The first-order valence-electron chi connectivity index (χ1n) is 3.95. The lowest BCUT2D eigenvalue weighted by atomic mass is 10.3. The molecule has 0 amide bonds. The monoisotopic (exact) mass is 197 g/mol. The highest BCUT2D eigenvalue weighted by atomic mass is 16.5. The summed E-state index contributed by atoms with van der Waals surface area (Å²) < 4.78 is 5.11. The molecule has 0 atom stereocenters. The fourth-order valence-electron chi connectivity index (χ4n) is 0.856. The standard InChI is InChI=1S/C8H11N3O3/c9-8(11-13)7-5-6(1-2-10-7)14-4-3-12/h1-2,5,12-13H,3-4H2,(H2,9,11). The maximum Gasteiger partial charge on any atom is 0.188 e. The smallest absolute Gasteiger partial charge is 0.188 e. The van der Waals surface area contributed by atoms with Crippen LogP contribution in [0.25, 0.3) is 0 Å². The number of amidine groups is 1. The summed E-state index contributed by atoms with van der Waals surface area (Å²) in [6, 6.07) is 3.13. The molecule has 1 aromatic heterocycles. The van der Waals surface area contributed by atoms with Gasteiger partial charge >= 0.3 is 0 Å². The van der Waals surface area contributed by atoms with E-state index in [9.17, 15) is 0 Å². The lowest BCUT2D eigenvalue weighted by Gasteiger charge is -2.04. The molecular weight excluding hydrogens is 186 g/mol. The Labute approximate surface area is 80.6 Å². The number of aliphatic hydroxyl groups is 1. The van der Waals surface area contributed by atoms with E-state index in [-0.39, 0.29) is 19.0 Å². The minimum Gasteiger partial charge on any atom is -0.491 e. The third kappa shape index (κ3) is 2.60. The first kappa shape index (κ1) is 10.3. The molecule has 6 nitrogen and oxygen atoms in total. The maximum atomic E-state index is 8.52. The summed E-state index contributed by atoms with van der Waals surface area (Å²) in [6.07, 6.45) is 1.47. The molecule has 0 bridgehead atoms. The highest BCUT2D eigenvalue weighted by Crippen LogP contribution is 2.10. The minimum absolute atomic E-state index is 0.0682. The van der Waals surface area contributed by atoms with Crippen LogP contribution in [-0.2, 0) is 0 Å². The quantitative estimate of drug-likeness (QED) is 0.262. The maximum absolute atomic E-state index is 8.52. The van der Waals surface area contributed by atoms with Gasteiger partial charge in [0.05, 0.1) is 6.61 Å². The van der Waals surface area contributed by atoms with Crippen LogP contribution in [0.5, 0.6) is 5.75 Å². The van der Waals surface area contributed by atoms with Gasteiger partial charge in [0.1, 0.15) is 18.1 Å². The Balaban J connectivity index is 2.79. The van der Waals surface area contributed by atoms with Crippen LogP contribution >= 0.6 is 0 Å². The zero-order valence-electron chi connectivity index (χ0n) is 7.42. The van der Waals surface area contributed by atoms with Gasteiger partial charge in [-0.3, -0.25) is 4.98 Å². The van der Waals surface area contributed by atoms with Crippen LogP contribution < -0.4 is 10.5 Å². The summed E-state index contributed by atoms with van der Waals surface area (Å²) in [5, 5.41) is 19.7. The van der Waals surface area contributed by atoms with Crippen LogP contribution in [0.4, 0.5) is 0 Å². The van der Waals surface area contributed by atoms with Crippen LogP contribution in [-0.4, -0.2) is 34.3 Å². The Morgan fingerprint density at radius 2 is 2.43 bits per heavy atom. The van der Waals surface area contributed by atoms with Gasteiger partial charge in [-0.2, -0.15) is 0 Å². The van der Waals surface area contributed by atoms with E-state index in [4.69, 9.17) is 20.8 Å². The largest absolute Gasteiger partial charge is 0.491 e. The summed E-state index contributed by atoms with van der Waals surface area (Å²) in [5.74, 6) is 0.426. The van der Waals surface area contributed by atoms with Crippen LogP contribution in [0.1, 0.15) is 5.69 Å². The van der Waals surface area contributed by atoms with Crippen LogP contribution in [0.2, 0.25) is 0 Å². The Morgan fingerprint density at radius 3 is 3.07 bits per heavy atom. The molecule has 0 radical (unpaired) electrons. The second kappa shape index (κ2) is 5.03. The highest BCUT2D eigenvalue weighted by molar-refractivity contribution is 5.95. The predicted octanol–water partition coefficient (Wildman–Crippen LogP) is -0.453. The van der Waals surface area contributed by atoms with Crippen molar-refractivity contribution in [3.05, 3.63) is 24.0 Å². The number of nitrogens with two attached hydrogens (primary N) is 1. The van der Waals surface area contributed by atoms with Gasteiger partial charge in [0, 0.05) is 12.3 Å². The van der Waals surface area contributed by atoms with Crippen molar-refractivity contribution in [2.75, 3.05) is 13.2 Å². The number of nitrogens with zero attached hydrogens (tertiary/aromatic N) is 2. The van der Waals surface area contributed by atoms with Crippen molar-refractivity contribution in [2.45, 2.75) is 0 Å². The molecule has 0 saturated heterocycles. The molecule has 0 aliphatic heterocycles. The van der Waals surface area contributed by atoms with Gasteiger partial charge < -0.3 is 20.8 Å². The summed E-state index contributed by atoms with van der Waals surface area (Å²) in [5.41, 5.74) is 5.65. The Hall–Kier alpha value is -1.82. The molecule has 0 unspecified atom stereocenters. The van der Waals surface area contributed by atoms with Crippen molar-refractivity contribution in [1.29, 1.82) is 0 Å². The first-order chi connectivity index (χ1) is 6.77. The van der Waals surface area contributed by atoms with E-state index in [2.05, 4.69) is 10.1 Å². The number of aromatic nitrogens is 1. The molecule has 1 aromatic rings. The molecule has 0 aliphatic rings. The summed E-state index contributed by atoms with van der Waals surface area (Å²) in [7, 11) is 0. The molecule has 76 valence electrons. The van der Waals surface area contributed by atoms with E-state index >= 15 is 0 Å². The average Bonchev–Trinajstić information content (AvgIpc) is 2.25. The molecule has 0 aromatic carbocycles. The molecule has 1 heterocycles. The van der Waals surface area contributed by atoms with Crippen LogP contribution in [0.3, 0.4) is 0 Å². The normalized spacial score (nSPS) is 11.4. The van der Waals surface area contributed by atoms with E-state index < -0.39 is 0 Å². The second-order valence-electron chi connectivity index (χ2n) is 2.43. The summed E-state index contributed by atoms with van der Waals surface area (Å²) >= 11 is 0. The molecule has 0 saturated carbocycles.